The highest BCUT2D eigenvalue weighted by atomic mass is 19.1. The van der Waals surface area contributed by atoms with Crippen LogP contribution in [0.15, 0.2) is 42.6 Å². The van der Waals surface area contributed by atoms with Crippen LogP contribution in [0.25, 0.3) is 5.57 Å². The van der Waals surface area contributed by atoms with Crippen LogP contribution in [0.3, 0.4) is 0 Å². The first-order valence-corrected chi connectivity index (χ1v) is 10.1. The largest absolute Gasteiger partial charge is 0.369 e. The molecule has 2 aliphatic heterocycles. The third-order valence-corrected chi connectivity index (χ3v) is 5.74. The van der Waals surface area contributed by atoms with Crippen LogP contribution in [0.1, 0.15) is 25.0 Å². The first-order chi connectivity index (χ1) is 13.9. The normalized spacial score (nSPS) is 18.3. The standard InChI is InChI=1S/C23H27FN4O/c1-15(2)27-9-11-28(12-10-27)21-8-7-17(13-16(21)3)25-14-18-22-19(24)5-4-6-20(22)26-23(18)29/h4-8,13-15,25H,9-12H2,1-3H3,(H,26,29)/b18-14+. The van der Waals surface area contributed by atoms with E-state index in [1.54, 1.807) is 18.3 Å². The van der Waals surface area contributed by atoms with Crippen LogP contribution in [0.5, 0.6) is 0 Å². The van der Waals surface area contributed by atoms with Crippen molar-refractivity contribution in [2.45, 2.75) is 26.8 Å². The highest BCUT2D eigenvalue weighted by Gasteiger charge is 2.27. The summed E-state index contributed by atoms with van der Waals surface area (Å²) in [7, 11) is 0. The van der Waals surface area contributed by atoms with Gasteiger partial charge in [0.2, 0.25) is 0 Å². The summed E-state index contributed by atoms with van der Waals surface area (Å²) in [6.07, 6.45) is 1.58. The Morgan fingerprint density at radius 1 is 1.14 bits per heavy atom. The van der Waals surface area contributed by atoms with Gasteiger partial charge < -0.3 is 15.5 Å². The smallest absolute Gasteiger partial charge is 0.257 e. The number of benzene rings is 2. The summed E-state index contributed by atoms with van der Waals surface area (Å²) in [6, 6.07) is 11.4. The fourth-order valence-corrected chi connectivity index (χ4v) is 4.08. The summed E-state index contributed by atoms with van der Waals surface area (Å²) in [4.78, 5) is 17.1. The van der Waals surface area contributed by atoms with Crippen molar-refractivity contribution in [1.82, 2.24) is 4.90 Å². The van der Waals surface area contributed by atoms with Crippen molar-refractivity contribution in [2.75, 3.05) is 41.7 Å². The van der Waals surface area contributed by atoms with E-state index < -0.39 is 5.82 Å². The molecular formula is C23H27FN4O. The molecule has 2 aromatic carbocycles. The molecular weight excluding hydrogens is 367 g/mol. The molecule has 2 N–H and O–H groups in total. The molecule has 1 amide bonds. The first kappa shape index (κ1) is 19.5. The van der Waals surface area contributed by atoms with Crippen LogP contribution >= 0.6 is 0 Å². The minimum atomic E-state index is -0.402. The third kappa shape index (κ3) is 3.85. The van der Waals surface area contributed by atoms with Crippen LogP contribution in [0.4, 0.5) is 21.5 Å². The maximum absolute atomic E-state index is 14.2. The van der Waals surface area contributed by atoms with E-state index in [-0.39, 0.29) is 5.91 Å². The van der Waals surface area contributed by atoms with E-state index in [9.17, 15) is 9.18 Å². The molecule has 2 aliphatic rings. The number of piperazine rings is 1. The number of rotatable bonds is 4. The Bertz CT molecular complexity index is 961. The number of fused-ring (bicyclic) bond motifs is 1. The number of amides is 1. The van der Waals surface area contributed by atoms with E-state index >= 15 is 0 Å². The average molecular weight is 394 g/mol. The van der Waals surface area contributed by atoms with Crippen molar-refractivity contribution in [3.63, 3.8) is 0 Å². The van der Waals surface area contributed by atoms with E-state index in [0.717, 1.165) is 31.9 Å². The van der Waals surface area contributed by atoms with Crippen molar-refractivity contribution in [2.24, 2.45) is 0 Å². The molecule has 0 spiro atoms. The number of aryl methyl sites for hydroxylation is 1. The van der Waals surface area contributed by atoms with Gasteiger partial charge in [0.25, 0.3) is 5.91 Å². The minimum Gasteiger partial charge on any atom is -0.369 e. The van der Waals surface area contributed by atoms with Gasteiger partial charge in [-0.3, -0.25) is 9.69 Å². The fraction of sp³-hybridized carbons (Fsp3) is 0.348. The summed E-state index contributed by atoms with van der Waals surface area (Å²) in [5, 5.41) is 5.86. The molecule has 2 aromatic rings. The monoisotopic (exact) mass is 394 g/mol. The fourth-order valence-electron chi connectivity index (χ4n) is 4.08. The predicted octanol–water partition coefficient (Wildman–Crippen LogP) is 4.07. The van der Waals surface area contributed by atoms with E-state index in [1.165, 1.54) is 17.3 Å². The summed E-state index contributed by atoms with van der Waals surface area (Å²) in [5.41, 5.74) is 4.42. The van der Waals surface area contributed by atoms with Gasteiger partial charge in [0.05, 0.1) is 11.3 Å². The van der Waals surface area contributed by atoms with Gasteiger partial charge in [0, 0.05) is 55.4 Å². The quantitative estimate of drug-likeness (QED) is 0.768. The molecule has 29 heavy (non-hydrogen) atoms. The lowest BCUT2D eigenvalue weighted by molar-refractivity contribution is -0.110. The number of hydrogen-bond acceptors (Lipinski definition) is 4. The van der Waals surface area contributed by atoms with Crippen molar-refractivity contribution < 1.29 is 9.18 Å². The topological polar surface area (TPSA) is 47.6 Å². The maximum Gasteiger partial charge on any atom is 0.257 e. The molecule has 1 saturated heterocycles. The lowest BCUT2D eigenvalue weighted by Crippen LogP contribution is -2.49. The third-order valence-electron chi connectivity index (χ3n) is 5.74. The van der Waals surface area contributed by atoms with E-state index in [1.807, 2.05) is 6.07 Å². The summed E-state index contributed by atoms with van der Waals surface area (Å²) >= 11 is 0. The van der Waals surface area contributed by atoms with Crippen molar-refractivity contribution in [3.05, 3.63) is 59.5 Å². The molecule has 1 fully saturated rings. The number of hydrogen-bond donors (Lipinski definition) is 2. The molecule has 0 aromatic heterocycles. The molecule has 152 valence electrons. The second-order valence-electron chi connectivity index (χ2n) is 7.94. The van der Waals surface area contributed by atoms with Gasteiger partial charge in [-0.05, 0) is 56.7 Å². The number of nitrogens with zero attached hydrogens (tertiary/aromatic N) is 2. The number of nitrogens with one attached hydrogen (secondary N) is 2. The van der Waals surface area contributed by atoms with Crippen LogP contribution < -0.4 is 15.5 Å². The Morgan fingerprint density at radius 3 is 2.59 bits per heavy atom. The Balaban J connectivity index is 1.49. The Kier molecular flexibility index (Phi) is 5.28. The zero-order chi connectivity index (χ0) is 20.5. The minimum absolute atomic E-state index is 0.297. The van der Waals surface area contributed by atoms with E-state index in [4.69, 9.17) is 0 Å². The van der Waals surface area contributed by atoms with Gasteiger partial charge in [0.1, 0.15) is 5.82 Å². The van der Waals surface area contributed by atoms with Crippen molar-refractivity contribution >= 4 is 28.5 Å². The summed E-state index contributed by atoms with van der Waals surface area (Å²) < 4.78 is 14.2. The number of halogens is 1. The van der Waals surface area contributed by atoms with E-state index in [0.29, 0.717) is 22.9 Å². The maximum atomic E-state index is 14.2. The Labute approximate surface area is 171 Å². The zero-order valence-electron chi connectivity index (χ0n) is 17.1. The van der Waals surface area contributed by atoms with E-state index in [2.05, 4.69) is 53.3 Å². The molecule has 0 bridgehead atoms. The molecule has 2 heterocycles. The van der Waals surface area contributed by atoms with Crippen molar-refractivity contribution in [3.8, 4) is 0 Å². The molecule has 5 nitrogen and oxygen atoms in total. The van der Waals surface area contributed by atoms with Gasteiger partial charge in [-0.15, -0.1) is 0 Å². The SMILES string of the molecule is Cc1cc(N/C=C2/C(=O)Nc3cccc(F)c32)ccc1N1CCN(C(C)C)CC1. The summed E-state index contributed by atoms with van der Waals surface area (Å²) in [6.45, 7) is 10.8. The van der Waals surface area contributed by atoms with Crippen molar-refractivity contribution in [1.29, 1.82) is 0 Å². The molecule has 6 heteroatoms. The van der Waals surface area contributed by atoms with Crippen LogP contribution in [0, 0.1) is 12.7 Å². The van der Waals surface area contributed by atoms with Gasteiger partial charge in [-0.2, -0.15) is 0 Å². The van der Waals surface area contributed by atoms with Gasteiger partial charge >= 0.3 is 0 Å². The molecule has 0 saturated carbocycles. The molecule has 4 rings (SSSR count). The van der Waals surface area contributed by atoms with Crippen LogP contribution in [0.2, 0.25) is 0 Å². The average Bonchev–Trinajstić information content (AvgIpc) is 3.03. The van der Waals surface area contributed by atoms with Gasteiger partial charge in [-0.1, -0.05) is 6.07 Å². The number of carbonyl (C=O) groups is 1. The lowest BCUT2D eigenvalue weighted by atomic mass is 10.1. The predicted molar refractivity (Wildman–Crippen MR) is 117 cm³/mol. The highest BCUT2D eigenvalue weighted by Crippen LogP contribution is 2.34. The molecule has 0 atom stereocenters. The summed E-state index contributed by atoms with van der Waals surface area (Å²) in [5.74, 6) is -0.699. The molecule has 0 unspecified atom stereocenters. The second-order valence-corrected chi connectivity index (χ2v) is 7.94. The lowest BCUT2D eigenvalue weighted by Gasteiger charge is -2.38. The highest BCUT2D eigenvalue weighted by molar-refractivity contribution is 6.31. The second kappa shape index (κ2) is 7.87. The Morgan fingerprint density at radius 2 is 1.90 bits per heavy atom. The first-order valence-electron chi connectivity index (χ1n) is 10.1. The zero-order valence-corrected chi connectivity index (χ0v) is 17.1. The van der Waals surface area contributed by atoms with Crippen LogP contribution in [-0.4, -0.2) is 43.0 Å². The van der Waals surface area contributed by atoms with Gasteiger partial charge in [-0.25, -0.2) is 4.39 Å². The van der Waals surface area contributed by atoms with Crippen LogP contribution in [-0.2, 0) is 4.79 Å². The molecule has 0 aliphatic carbocycles. The van der Waals surface area contributed by atoms with Gasteiger partial charge in [0.15, 0.2) is 0 Å². The number of anilines is 3. The molecule has 0 radical (unpaired) electrons. The number of carbonyl (C=O) groups excluding carboxylic acids is 1. The Hall–Kier alpha value is -2.86.